The minimum absolute atomic E-state index is 0.0138. The second-order valence-corrected chi connectivity index (χ2v) is 13.1. The Morgan fingerprint density at radius 1 is 1.07 bits per heavy atom. The molecule has 6 rings (SSSR count). The summed E-state index contributed by atoms with van der Waals surface area (Å²) >= 11 is 0. The maximum absolute atomic E-state index is 13.4. The van der Waals surface area contributed by atoms with Crippen molar-refractivity contribution in [2.45, 2.75) is 44.9 Å². The molecule has 2 N–H and O–H groups in total. The van der Waals surface area contributed by atoms with E-state index in [1.807, 2.05) is 13.0 Å². The summed E-state index contributed by atoms with van der Waals surface area (Å²) in [5.41, 5.74) is 1.88. The van der Waals surface area contributed by atoms with Gasteiger partial charge in [-0.1, -0.05) is 6.07 Å². The number of benzene rings is 2. The van der Waals surface area contributed by atoms with Crippen LogP contribution in [0.1, 0.15) is 40.7 Å². The Morgan fingerprint density at radius 2 is 1.85 bits per heavy atom. The number of piperidine rings is 1. The number of fused-ring (bicyclic) bond motifs is 7. The van der Waals surface area contributed by atoms with Crippen LogP contribution in [0, 0.1) is 12.8 Å². The summed E-state index contributed by atoms with van der Waals surface area (Å²) in [6, 6.07) is 9.82. The number of sulfone groups is 1. The number of aryl methyl sites for hydroxylation is 1. The molecule has 0 spiro atoms. The Kier molecular flexibility index (Phi) is 8.39. The summed E-state index contributed by atoms with van der Waals surface area (Å²) in [5, 5.41) is 5.87. The van der Waals surface area contributed by atoms with Crippen LogP contribution in [0.4, 0.5) is 0 Å². The zero-order chi connectivity index (χ0) is 29.1. The number of rotatable bonds is 2. The molecule has 4 bridgehead atoms. The Bertz CT molecular complexity index is 1430. The molecule has 4 aliphatic rings. The first-order valence-electron chi connectivity index (χ1n) is 13.8. The van der Waals surface area contributed by atoms with E-state index >= 15 is 0 Å². The Labute approximate surface area is 239 Å². The van der Waals surface area contributed by atoms with Crippen molar-refractivity contribution in [3.05, 3.63) is 53.1 Å². The Hall–Kier alpha value is -3.80. The van der Waals surface area contributed by atoms with Gasteiger partial charge in [-0.25, -0.2) is 8.42 Å². The van der Waals surface area contributed by atoms with Crippen molar-refractivity contribution < 1.29 is 37.0 Å². The van der Waals surface area contributed by atoms with Crippen molar-refractivity contribution in [2.75, 3.05) is 38.3 Å². The molecular weight excluding hydrogens is 550 g/mol. The predicted octanol–water partition coefficient (Wildman–Crippen LogP) is 1.62. The van der Waals surface area contributed by atoms with E-state index < -0.39 is 22.0 Å². The first kappa shape index (κ1) is 28.7. The summed E-state index contributed by atoms with van der Waals surface area (Å²) < 4.78 is 41.4. The van der Waals surface area contributed by atoms with Gasteiger partial charge >= 0.3 is 0 Å². The van der Waals surface area contributed by atoms with Gasteiger partial charge in [0, 0.05) is 49.2 Å². The largest absolute Gasteiger partial charge is 0.496 e. The average molecular weight is 586 g/mol. The SMILES string of the molecule is COc1cc2ccc1CNC(=O)COc1cc(ccc1C)C(=O)N[C@H]1CN(C(=O)C3CCS(=O)(=O)CC3)CC[C@H]1O2. The normalized spacial score (nSPS) is 23.2. The van der Waals surface area contributed by atoms with Crippen molar-refractivity contribution in [1.82, 2.24) is 15.5 Å². The minimum atomic E-state index is -3.09. The summed E-state index contributed by atoms with van der Waals surface area (Å²) in [4.78, 5) is 41.0. The van der Waals surface area contributed by atoms with Gasteiger partial charge in [0.2, 0.25) is 5.91 Å². The van der Waals surface area contributed by atoms with E-state index in [2.05, 4.69) is 10.6 Å². The van der Waals surface area contributed by atoms with Crippen molar-refractivity contribution in [1.29, 1.82) is 0 Å². The van der Waals surface area contributed by atoms with E-state index in [-0.39, 0.29) is 54.8 Å². The molecule has 0 aromatic heterocycles. The number of likely N-dealkylation sites (tertiary alicyclic amines) is 1. The van der Waals surface area contributed by atoms with E-state index in [1.165, 1.54) is 7.11 Å². The lowest BCUT2D eigenvalue weighted by molar-refractivity contribution is -0.138. The zero-order valence-electron chi connectivity index (χ0n) is 23.2. The topological polar surface area (TPSA) is 140 Å². The second-order valence-electron chi connectivity index (χ2n) is 10.8. The van der Waals surface area contributed by atoms with Crippen molar-refractivity contribution >= 4 is 27.6 Å². The molecule has 0 radical (unpaired) electrons. The van der Waals surface area contributed by atoms with E-state index in [0.29, 0.717) is 48.6 Å². The smallest absolute Gasteiger partial charge is 0.258 e. The second kappa shape index (κ2) is 12.0. The molecule has 220 valence electrons. The van der Waals surface area contributed by atoms with E-state index in [0.717, 1.165) is 11.1 Å². The molecular formula is C29H35N3O8S. The number of hydrogen-bond donors (Lipinski definition) is 2. The Balaban J connectivity index is 1.42. The minimum Gasteiger partial charge on any atom is -0.496 e. The molecule has 4 heterocycles. The fraction of sp³-hybridized carbons (Fsp3) is 0.483. The highest BCUT2D eigenvalue weighted by molar-refractivity contribution is 7.91. The van der Waals surface area contributed by atoms with Gasteiger partial charge in [0.05, 0.1) is 24.7 Å². The van der Waals surface area contributed by atoms with Gasteiger partial charge in [-0.3, -0.25) is 14.4 Å². The van der Waals surface area contributed by atoms with Gasteiger partial charge < -0.3 is 29.7 Å². The van der Waals surface area contributed by atoms with Crippen LogP contribution in [0.2, 0.25) is 0 Å². The van der Waals surface area contributed by atoms with Gasteiger partial charge in [0.25, 0.3) is 11.8 Å². The number of ether oxygens (including phenoxy) is 3. The van der Waals surface area contributed by atoms with Crippen LogP contribution < -0.4 is 24.8 Å². The van der Waals surface area contributed by atoms with Crippen LogP contribution in [-0.4, -0.2) is 81.5 Å². The third kappa shape index (κ3) is 6.75. The lowest BCUT2D eigenvalue weighted by Crippen LogP contribution is -2.59. The molecule has 11 nitrogen and oxygen atoms in total. The van der Waals surface area contributed by atoms with Gasteiger partial charge in [-0.15, -0.1) is 0 Å². The molecule has 2 saturated heterocycles. The van der Waals surface area contributed by atoms with E-state index in [4.69, 9.17) is 14.2 Å². The van der Waals surface area contributed by atoms with Crippen molar-refractivity contribution in [3.8, 4) is 17.2 Å². The fourth-order valence-corrected chi connectivity index (χ4v) is 6.95. The molecule has 2 aromatic rings. The van der Waals surface area contributed by atoms with Crippen LogP contribution in [0.25, 0.3) is 0 Å². The van der Waals surface area contributed by atoms with Crippen molar-refractivity contribution in [3.63, 3.8) is 0 Å². The highest BCUT2D eigenvalue weighted by atomic mass is 32.2. The van der Waals surface area contributed by atoms with E-state index in [1.54, 1.807) is 35.2 Å². The van der Waals surface area contributed by atoms with Gasteiger partial charge in [0.1, 0.15) is 33.2 Å². The molecule has 0 saturated carbocycles. The summed E-state index contributed by atoms with van der Waals surface area (Å²) in [6.07, 6.45) is 0.639. The lowest BCUT2D eigenvalue weighted by atomic mass is 9.96. The maximum Gasteiger partial charge on any atom is 0.258 e. The van der Waals surface area contributed by atoms with Gasteiger partial charge in [-0.05, 0) is 49.6 Å². The molecule has 0 unspecified atom stereocenters. The quantitative estimate of drug-likeness (QED) is 0.542. The van der Waals surface area contributed by atoms with Crippen LogP contribution in [0.5, 0.6) is 17.2 Å². The third-order valence-corrected chi connectivity index (χ3v) is 9.63. The van der Waals surface area contributed by atoms with Crippen LogP contribution >= 0.6 is 0 Å². The monoisotopic (exact) mass is 585 g/mol. The Morgan fingerprint density at radius 3 is 2.61 bits per heavy atom. The molecule has 0 aliphatic carbocycles. The third-order valence-electron chi connectivity index (χ3n) is 7.91. The first-order chi connectivity index (χ1) is 19.6. The number of amides is 3. The predicted molar refractivity (Wildman–Crippen MR) is 150 cm³/mol. The van der Waals surface area contributed by atoms with Gasteiger partial charge in [0.15, 0.2) is 6.61 Å². The highest BCUT2D eigenvalue weighted by Crippen LogP contribution is 2.29. The standard InChI is InChI=1S/C29H35N3O8S/c1-18-3-4-20-13-25(18)39-17-27(33)30-15-21-5-6-22(14-26(21)38-2)40-24-7-10-32(16-23(24)31-28(20)34)29(35)19-8-11-41(36,37)12-9-19/h3-6,13-14,19,23-24H,7-12,15-17H2,1-2H3,(H,30,33)(H,31,34)/t23-,24+/m0/s1. The highest BCUT2D eigenvalue weighted by Gasteiger charge is 2.38. The number of carbonyl (C=O) groups is 3. The average Bonchev–Trinajstić information content (AvgIpc) is 2.96. The zero-order valence-corrected chi connectivity index (χ0v) is 24.0. The molecule has 2 atom stereocenters. The molecule has 3 amide bonds. The van der Waals surface area contributed by atoms with Crippen LogP contribution in [0.3, 0.4) is 0 Å². The van der Waals surface area contributed by atoms with Crippen molar-refractivity contribution in [2.24, 2.45) is 5.92 Å². The van der Waals surface area contributed by atoms with Gasteiger partial charge in [-0.2, -0.15) is 0 Å². The molecule has 2 fully saturated rings. The number of nitrogens with zero attached hydrogens (tertiary/aromatic N) is 1. The van der Waals surface area contributed by atoms with Crippen LogP contribution in [-0.2, 0) is 26.0 Å². The molecule has 41 heavy (non-hydrogen) atoms. The molecule has 12 heteroatoms. The number of nitrogens with one attached hydrogen (secondary N) is 2. The fourth-order valence-electron chi connectivity index (χ4n) is 5.46. The summed E-state index contributed by atoms with van der Waals surface area (Å²) in [6.45, 7) is 2.48. The van der Waals surface area contributed by atoms with E-state index in [9.17, 15) is 22.8 Å². The number of carbonyl (C=O) groups excluding carboxylic acids is 3. The number of hydrogen-bond acceptors (Lipinski definition) is 8. The lowest BCUT2D eigenvalue weighted by Gasteiger charge is -2.40. The first-order valence-corrected chi connectivity index (χ1v) is 15.6. The number of methoxy groups -OCH3 is 1. The molecule has 4 aliphatic heterocycles. The molecule has 2 aromatic carbocycles. The summed E-state index contributed by atoms with van der Waals surface area (Å²) in [7, 11) is -1.56. The maximum atomic E-state index is 13.4. The summed E-state index contributed by atoms with van der Waals surface area (Å²) in [5.74, 6) is 0.376. The van der Waals surface area contributed by atoms with Crippen LogP contribution in [0.15, 0.2) is 36.4 Å².